The molecular formula is C38H31ClN4O6. The number of aromatic nitrogens is 1. The van der Waals surface area contributed by atoms with Gasteiger partial charge in [0.15, 0.2) is 5.58 Å². The van der Waals surface area contributed by atoms with Gasteiger partial charge in [0.25, 0.3) is 6.01 Å². The standard InChI is InChI=1S/C38H31ClN4O6/c39-28-11-17-32(18-12-28)48-31-15-6-25(7-16-31)20-21-43(24-35(44)40-30-13-9-27(10-14-30)37(46)47)36(45)23-26-8-19-33-34(22-26)49-38(42-33)41-29-4-2-1-3-5-29/h1-19,22H,20-21,23-24H2,(H,40,44)(H,41,42)(H,46,47). The Morgan fingerprint density at radius 1 is 0.796 bits per heavy atom. The minimum absolute atomic E-state index is 0.0343. The lowest BCUT2D eigenvalue weighted by molar-refractivity contribution is -0.134. The number of hydrogen-bond donors (Lipinski definition) is 3. The van der Waals surface area contributed by atoms with Crippen molar-refractivity contribution in [1.82, 2.24) is 9.88 Å². The summed E-state index contributed by atoms with van der Waals surface area (Å²) in [4.78, 5) is 44.0. The van der Waals surface area contributed by atoms with Crippen molar-refractivity contribution >= 4 is 57.9 Å². The van der Waals surface area contributed by atoms with E-state index in [0.29, 0.717) is 51.3 Å². The molecule has 1 heterocycles. The molecule has 0 saturated carbocycles. The van der Waals surface area contributed by atoms with Gasteiger partial charge in [0.05, 0.1) is 18.5 Å². The molecule has 0 aliphatic rings. The molecule has 0 unspecified atom stereocenters. The van der Waals surface area contributed by atoms with E-state index < -0.39 is 11.9 Å². The molecule has 11 heteroatoms. The molecule has 6 aromatic rings. The summed E-state index contributed by atoms with van der Waals surface area (Å²) < 4.78 is 11.8. The molecule has 0 saturated heterocycles. The minimum atomic E-state index is -1.06. The molecule has 5 aromatic carbocycles. The van der Waals surface area contributed by atoms with Gasteiger partial charge in [0, 0.05) is 22.9 Å². The number of fused-ring (bicyclic) bond motifs is 1. The molecule has 10 nitrogen and oxygen atoms in total. The Morgan fingerprint density at radius 2 is 1.47 bits per heavy atom. The maximum atomic E-state index is 13.7. The Balaban J connectivity index is 1.14. The van der Waals surface area contributed by atoms with Gasteiger partial charge in [0.2, 0.25) is 11.8 Å². The molecule has 0 bridgehead atoms. The molecule has 49 heavy (non-hydrogen) atoms. The molecule has 0 spiro atoms. The average Bonchev–Trinajstić information content (AvgIpc) is 3.50. The zero-order valence-corrected chi connectivity index (χ0v) is 26.9. The number of para-hydroxylation sites is 1. The molecule has 3 N–H and O–H groups in total. The van der Waals surface area contributed by atoms with Crippen molar-refractivity contribution in [1.29, 1.82) is 0 Å². The summed E-state index contributed by atoms with van der Waals surface area (Å²) in [5, 5.41) is 15.7. The number of carboxylic acid groups (broad SMARTS) is 1. The number of carbonyl (C=O) groups is 3. The molecule has 6 rings (SSSR count). The minimum Gasteiger partial charge on any atom is -0.478 e. The molecule has 0 fully saturated rings. The third-order valence-corrected chi connectivity index (χ3v) is 7.83. The molecule has 2 amide bonds. The zero-order chi connectivity index (χ0) is 34.2. The highest BCUT2D eigenvalue weighted by molar-refractivity contribution is 6.30. The smallest absolute Gasteiger partial charge is 0.335 e. The van der Waals surface area contributed by atoms with E-state index in [2.05, 4.69) is 15.6 Å². The van der Waals surface area contributed by atoms with Crippen molar-refractivity contribution in [3.8, 4) is 11.5 Å². The monoisotopic (exact) mass is 674 g/mol. The largest absolute Gasteiger partial charge is 0.478 e. The first-order valence-electron chi connectivity index (χ1n) is 15.4. The Kier molecular flexibility index (Phi) is 10.2. The first-order chi connectivity index (χ1) is 23.8. The van der Waals surface area contributed by atoms with Gasteiger partial charge >= 0.3 is 5.97 Å². The summed E-state index contributed by atoms with van der Waals surface area (Å²) in [6, 6.07) is 35.7. The molecule has 0 atom stereocenters. The maximum absolute atomic E-state index is 13.7. The van der Waals surface area contributed by atoms with Crippen molar-refractivity contribution in [3.63, 3.8) is 0 Å². The van der Waals surface area contributed by atoms with Crippen LogP contribution in [-0.2, 0) is 22.4 Å². The van der Waals surface area contributed by atoms with Crippen LogP contribution < -0.4 is 15.4 Å². The first-order valence-corrected chi connectivity index (χ1v) is 15.8. The fraction of sp³-hybridized carbons (Fsp3) is 0.105. The molecular weight excluding hydrogens is 644 g/mol. The summed E-state index contributed by atoms with van der Waals surface area (Å²) in [7, 11) is 0. The lowest BCUT2D eigenvalue weighted by Gasteiger charge is -2.23. The second-order valence-corrected chi connectivity index (χ2v) is 11.6. The predicted octanol–water partition coefficient (Wildman–Crippen LogP) is 7.97. The number of nitrogens with one attached hydrogen (secondary N) is 2. The zero-order valence-electron chi connectivity index (χ0n) is 26.1. The van der Waals surface area contributed by atoms with E-state index in [1.807, 2.05) is 60.7 Å². The number of amides is 2. The van der Waals surface area contributed by atoms with Crippen LogP contribution in [0.4, 0.5) is 17.4 Å². The second kappa shape index (κ2) is 15.2. The highest BCUT2D eigenvalue weighted by Gasteiger charge is 2.19. The van der Waals surface area contributed by atoms with E-state index >= 15 is 0 Å². The van der Waals surface area contributed by atoms with Crippen molar-refractivity contribution in [2.75, 3.05) is 23.7 Å². The maximum Gasteiger partial charge on any atom is 0.335 e. The average molecular weight is 675 g/mol. The lowest BCUT2D eigenvalue weighted by atomic mass is 10.1. The Hall–Kier alpha value is -6.13. The van der Waals surface area contributed by atoms with E-state index in [-0.39, 0.29) is 31.0 Å². The van der Waals surface area contributed by atoms with Gasteiger partial charge in [-0.1, -0.05) is 48.0 Å². The fourth-order valence-corrected chi connectivity index (χ4v) is 5.18. The van der Waals surface area contributed by atoms with Crippen molar-refractivity contribution < 1.29 is 28.6 Å². The summed E-state index contributed by atoms with van der Waals surface area (Å²) in [6.45, 7) is 0.0737. The SMILES string of the molecule is O=C(CN(CCc1ccc(Oc2ccc(Cl)cc2)cc1)C(=O)Cc1ccc2nc(Nc3ccccc3)oc2c1)Nc1ccc(C(=O)O)cc1. The van der Waals surface area contributed by atoms with Crippen LogP contribution in [-0.4, -0.2) is 45.9 Å². The first kappa shape index (κ1) is 32.8. The predicted molar refractivity (Wildman–Crippen MR) is 188 cm³/mol. The van der Waals surface area contributed by atoms with Crippen LogP contribution in [0.3, 0.4) is 0 Å². The number of oxazole rings is 1. The van der Waals surface area contributed by atoms with E-state index in [9.17, 15) is 14.4 Å². The Labute approximate surface area is 286 Å². The van der Waals surface area contributed by atoms with Gasteiger partial charge in [-0.25, -0.2) is 4.79 Å². The number of aromatic carboxylic acids is 1. The molecule has 0 radical (unpaired) electrons. The van der Waals surface area contributed by atoms with Crippen LogP contribution in [0.5, 0.6) is 11.5 Å². The topological polar surface area (TPSA) is 134 Å². The van der Waals surface area contributed by atoms with Crippen molar-refractivity contribution in [3.05, 3.63) is 143 Å². The second-order valence-electron chi connectivity index (χ2n) is 11.2. The molecule has 1 aromatic heterocycles. The number of carboxylic acids is 1. The number of nitrogens with zero attached hydrogens (tertiary/aromatic N) is 2. The third kappa shape index (κ3) is 9.03. The van der Waals surface area contributed by atoms with Crippen molar-refractivity contribution in [2.45, 2.75) is 12.8 Å². The highest BCUT2D eigenvalue weighted by Crippen LogP contribution is 2.25. The van der Waals surface area contributed by atoms with Crippen LogP contribution >= 0.6 is 11.6 Å². The number of anilines is 3. The van der Waals surface area contributed by atoms with Gasteiger partial charge < -0.3 is 29.8 Å². The number of halogens is 1. The van der Waals surface area contributed by atoms with Gasteiger partial charge in [0.1, 0.15) is 17.0 Å². The fourth-order valence-electron chi connectivity index (χ4n) is 5.05. The summed E-state index contributed by atoms with van der Waals surface area (Å²) >= 11 is 5.96. The van der Waals surface area contributed by atoms with Crippen LogP contribution in [0.2, 0.25) is 5.02 Å². The normalized spacial score (nSPS) is 10.8. The van der Waals surface area contributed by atoms with Crippen molar-refractivity contribution in [2.24, 2.45) is 0 Å². The summed E-state index contributed by atoms with van der Waals surface area (Å²) in [6.07, 6.45) is 0.524. The van der Waals surface area contributed by atoms with E-state index in [1.165, 1.54) is 29.2 Å². The highest BCUT2D eigenvalue weighted by atomic mass is 35.5. The van der Waals surface area contributed by atoms with Crippen LogP contribution in [0.25, 0.3) is 11.1 Å². The van der Waals surface area contributed by atoms with E-state index in [0.717, 1.165) is 11.3 Å². The summed E-state index contributed by atoms with van der Waals surface area (Å²) in [5.41, 5.74) is 4.19. The van der Waals surface area contributed by atoms with Gasteiger partial charge in [-0.2, -0.15) is 4.98 Å². The molecule has 246 valence electrons. The quantitative estimate of drug-likeness (QED) is 0.112. The third-order valence-electron chi connectivity index (χ3n) is 7.58. The van der Waals surface area contributed by atoms with Gasteiger partial charge in [-0.05, 0) is 102 Å². The Bertz CT molecular complexity index is 2070. The van der Waals surface area contributed by atoms with E-state index in [4.69, 9.17) is 25.9 Å². The van der Waals surface area contributed by atoms with Crippen LogP contribution in [0, 0.1) is 0 Å². The number of carbonyl (C=O) groups excluding carboxylic acids is 2. The lowest BCUT2D eigenvalue weighted by Crippen LogP contribution is -2.40. The number of benzene rings is 5. The number of ether oxygens (including phenoxy) is 1. The van der Waals surface area contributed by atoms with Crippen LogP contribution in [0.1, 0.15) is 21.5 Å². The van der Waals surface area contributed by atoms with E-state index in [1.54, 1.807) is 36.4 Å². The van der Waals surface area contributed by atoms with Gasteiger partial charge in [-0.3, -0.25) is 9.59 Å². The number of hydrogen-bond acceptors (Lipinski definition) is 7. The van der Waals surface area contributed by atoms with Gasteiger partial charge in [-0.15, -0.1) is 0 Å². The summed E-state index contributed by atoms with van der Waals surface area (Å²) in [5.74, 6) is -0.417. The Morgan fingerprint density at radius 3 is 2.16 bits per heavy atom. The van der Waals surface area contributed by atoms with Crippen LogP contribution in [0.15, 0.2) is 126 Å². The molecule has 0 aliphatic carbocycles. The number of rotatable bonds is 13. The molecule has 0 aliphatic heterocycles.